The third-order valence-corrected chi connectivity index (χ3v) is 4.31. The molecule has 52 valence electrons. The molecule has 9 heavy (non-hydrogen) atoms. The van der Waals surface area contributed by atoms with Crippen molar-refractivity contribution in [2.45, 2.75) is 36.9 Å². The molecular weight excluding hydrogens is 128 g/mol. The maximum Gasteiger partial charge on any atom is 0.0939 e. The van der Waals surface area contributed by atoms with Crippen molar-refractivity contribution in [3.8, 4) is 0 Å². The fourth-order valence-corrected chi connectivity index (χ4v) is 2.78. The van der Waals surface area contributed by atoms with Gasteiger partial charge in [0.25, 0.3) is 0 Å². The molecule has 3 heteroatoms. The lowest BCUT2D eigenvalue weighted by atomic mass is 9.92. The maximum atomic E-state index is 3.28. The summed E-state index contributed by atoms with van der Waals surface area (Å²) in [5.41, 5.74) is 8.00. The van der Waals surface area contributed by atoms with Gasteiger partial charge in [-0.1, -0.05) is 19.3 Å². The second-order valence-electron chi connectivity index (χ2n) is 3.37. The van der Waals surface area contributed by atoms with E-state index in [1.165, 1.54) is 35.9 Å². The molecule has 0 aromatic rings. The minimum atomic E-state index is 0.449. The molecule has 2 rings (SSSR count). The lowest BCUT2D eigenvalue weighted by molar-refractivity contribution is 0.399. The smallest absolute Gasteiger partial charge is 0.0939 e. The molecule has 0 bridgehead atoms. The third-order valence-electron chi connectivity index (χ3n) is 2.75. The predicted molar refractivity (Wildman–Crippen MR) is 41.2 cm³/mol. The summed E-state index contributed by atoms with van der Waals surface area (Å²) < 4.78 is 0. The highest BCUT2D eigenvalue weighted by atomic mass is 28.1. The van der Waals surface area contributed by atoms with E-state index in [4.69, 9.17) is 0 Å². The fourth-order valence-electron chi connectivity index (χ4n) is 1.80. The Kier molecular flexibility index (Phi) is 1.18. The largest absolute Gasteiger partial charge is 0.235 e. The molecule has 1 spiro atoms. The summed E-state index contributed by atoms with van der Waals surface area (Å²) in [6, 6.07) is 0. The average molecular weight is 142 g/mol. The molecule has 1 heterocycles. The summed E-state index contributed by atoms with van der Waals surface area (Å²) >= 11 is 0. The van der Waals surface area contributed by atoms with Gasteiger partial charge in [-0.15, -0.1) is 0 Å². The minimum absolute atomic E-state index is 0.449. The molecule has 0 unspecified atom stereocenters. The van der Waals surface area contributed by atoms with Crippen LogP contribution in [0.5, 0.6) is 0 Å². The van der Waals surface area contributed by atoms with Gasteiger partial charge in [0.1, 0.15) is 0 Å². The highest BCUT2D eigenvalue weighted by Crippen LogP contribution is 2.38. The van der Waals surface area contributed by atoms with E-state index in [1.807, 2.05) is 0 Å². The van der Waals surface area contributed by atoms with Crippen LogP contribution in [-0.2, 0) is 0 Å². The normalized spacial score (nSPS) is 39.3. The van der Waals surface area contributed by atoms with Crippen LogP contribution in [-0.4, -0.2) is 15.9 Å². The first-order chi connectivity index (χ1) is 4.33. The van der Waals surface area contributed by atoms with Crippen molar-refractivity contribution in [3.63, 3.8) is 0 Å². The minimum Gasteiger partial charge on any atom is -0.235 e. The SMILES string of the molecule is [SiH3][C@@H]1CCCCC12NN2. The molecule has 1 saturated carbocycles. The average Bonchev–Trinajstić information content (AvgIpc) is 2.60. The first-order valence-corrected chi connectivity index (χ1v) is 5.03. The quantitative estimate of drug-likeness (QED) is 0.354. The first-order valence-electron chi connectivity index (χ1n) is 3.88. The van der Waals surface area contributed by atoms with Gasteiger partial charge in [-0.3, -0.25) is 0 Å². The van der Waals surface area contributed by atoms with E-state index in [9.17, 15) is 0 Å². The van der Waals surface area contributed by atoms with Crippen molar-refractivity contribution in [1.82, 2.24) is 10.9 Å². The molecule has 1 aliphatic carbocycles. The van der Waals surface area contributed by atoms with Crippen molar-refractivity contribution in [1.29, 1.82) is 0 Å². The molecule has 2 aliphatic rings. The molecule has 2 N–H and O–H groups in total. The van der Waals surface area contributed by atoms with E-state index in [-0.39, 0.29) is 0 Å². The third kappa shape index (κ3) is 0.837. The Morgan fingerprint density at radius 2 is 2.11 bits per heavy atom. The van der Waals surface area contributed by atoms with E-state index < -0.39 is 0 Å². The molecule has 1 aliphatic heterocycles. The Morgan fingerprint density at radius 3 is 2.56 bits per heavy atom. The van der Waals surface area contributed by atoms with Crippen LogP contribution in [0.25, 0.3) is 0 Å². The van der Waals surface area contributed by atoms with Gasteiger partial charge in [-0.05, 0) is 12.0 Å². The standard InChI is InChI=1S/C6H14N2Si/c9-5-3-1-2-4-6(5)7-8-6/h5,7-8H,1-4H2,9H3/t5-/m1/s1. The highest BCUT2D eigenvalue weighted by Gasteiger charge is 2.47. The van der Waals surface area contributed by atoms with Crippen LogP contribution in [0.4, 0.5) is 0 Å². The second-order valence-corrected chi connectivity index (χ2v) is 4.76. The van der Waals surface area contributed by atoms with Crippen molar-refractivity contribution < 1.29 is 0 Å². The van der Waals surface area contributed by atoms with Gasteiger partial charge in [0, 0.05) is 10.2 Å². The number of rotatable bonds is 0. The zero-order valence-corrected chi connectivity index (χ0v) is 7.91. The monoisotopic (exact) mass is 142 g/mol. The van der Waals surface area contributed by atoms with Gasteiger partial charge >= 0.3 is 0 Å². The fraction of sp³-hybridized carbons (Fsp3) is 1.00. The summed E-state index contributed by atoms with van der Waals surface area (Å²) in [6.07, 6.45) is 5.69. The topological polar surface area (TPSA) is 43.9 Å². The van der Waals surface area contributed by atoms with Gasteiger partial charge in [0.15, 0.2) is 0 Å². The van der Waals surface area contributed by atoms with E-state index in [2.05, 4.69) is 10.9 Å². The van der Waals surface area contributed by atoms with Crippen LogP contribution in [0.1, 0.15) is 25.7 Å². The van der Waals surface area contributed by atoms with Crippen LogP contribution < -0.4 is 10.9 Å². The van der Waals surface area contributed by atoms with Gasteiger partial charge in [0.05, 0.1) is 5.66 Å². The maximum absolute atomic E-state index is 3.28. The Bertz CT molecular complexity index is 122. The molecule has 2 fully saturated rings. The molecule has 2 nitrogen and oxygen atoms in total. The van der Waals surface area contributed by atoms with Crippen molar-refractivity contribution >= 4 is 10.2 Å². The van der Waals surface area contributed by atoms with Crippen LogP contribution in [0, 0.1) is 0 Å². The lowest BCUT2D eigenvalue weighted by Gasteiger charge is -2.24. The van der Waals surface area contributed by atoms with Gasteiger partial charge in [0.2, 0.25) is 0 Å². The number of hydrogen-bond donors (Lipinski definition) is 2. The summed E-state index contributed by atoms with van der Waals surface area (Å²) in [4.78, 5) is 0. The first kappa shape index (κ1) is 5.89. The van der Waals surface area contributed by atoms with E-state index in [1.54, 1.807) is 0 Å². The van der Waals surface area contributed by atoms with Crippen molar-refractivity contribution in [3.05, 3.63) is 0 Å². The van der Waals surface area contributed by atoms with E-state index in [0.717, 1.165) is 5.54 Å². The van der Waals surface area contributed by atoms with Crippen molar-refractivity contribution in [2.75, 3.05) is 0 Å². The van der Waals surface area contributed by atoms with Crippen molar-refractivity contribution in [2.24, 2.45) is 0 Å². The Morgan fingerprint density at radius 1 is 1.33 bits per heavy atom. The van der Waals surface area contributed by atoms with Crippen LogP contribution >= 0.6 is 0 Å². The Hall–Kier alpha value is 0.137. The van der Waals surface area contributed by atoms with Crippen LogP contribution in [0.3, 0.4) is 0 Å². The number of hydrazine groups is 1. The zero-order chi connectivity index (χ0) is 6.32. The molecular formula is C6H14N2Si. The second kappa shape index (κ2) is 1.81. The van der Waals surface area contributed by atoms with E-state index >= 15 is 0 Å². The van der Waals surface area contributed by atoms with Crippen LogP contribution in [0.15, 0.2) is 0 Å². The molecule has 0 aromatic heterocycles. The summed E-state index contributed by atoms with van der Waals surface area (Å²) in [5.74, 6) is 0. The molecule has 1 saturated heterocycles. The van der Waals surface area contributed by atoms with Crippen LogP contribution in [0.2, 0.25) is 5.54 Å². The molecule has 0 radical (unpaired) electrons. The molecule has 1 atom stereocenters. The Balaban J connectivity index is 2.03. The Labute approximate surface area is 58.8 Å². The van der Waals surface area contributed by atoms with Gasteiger partial charge in [-0.2, -0.15) is 0 Å². The zero-order valence-electron chi connectivity index (χ0n) is 5.91. The number of hydrogen-bond acceptors (Lipinski definition) is 2. The van der Waals surface area contributed by atoms with Gasteiger partial charge < -0.3 is 0 Å². The molecule has 0 amide bonds. The van der Waals surface area contributed by atoms with E-state index in [0.29, 0.717) is 5.66 Å². The summed E-state index contributed by atoms with van der Waals surface area (Å²) in [6.45, 7) is 0. The molecule has 0 aromatic carbocycles. The predicted octanol–water partition coefficient (Wildman–Crippen LogP) is -0.482. The summed E-state index contributed by atoms with van der Waals surface area (Å²) in [5, 5.41) is 0. The summed E-state index contributed by atoms with van der Waals surface area (Å²) in [7, 11) is 1.35. The highest BCUT2D eigenvalue weighted by molar-refractivity contribution is 6.12. The number of nitrogens with one attached hydrogen (secondary N) is 2. The lowest BCUT2D eigenvalue weighted by Crippen LogP contribution is -2.28. The van der Waals surface area contributed by atoms with Gasteiger partial charge in [-0.25, -0.2) is 10.9 Å².